The zero-order valence-corrected chi connectivity index (χ0v) is 20.1. The largest absolute Gasteiger partial charge is 0.461 e. The first-order valence-electron chi connectivity index (χ1n) is 11.1. The van der Waals surface area contributed by atoms with Crippen LogP contribution in [0, 0.1) is 0 Å². The summed E-state index contributed by atoms with van der Waals surface area (Å²) in [5.41, 5.74) is 1.94. The van der Waals surface area contributed by atoms with Gasteiger partial charge in [-0.2, -0.15) is 4.72 Å². The SMILES string of the molecule is CN1C(=O)N(CC[C@H](NS(=O)(=O)c2ccc3c4c(oc3c2)CCCC4)C(=O)NO)C(=O)C1(C)C. The molecule has 2 aromatic rings. The fourth-order valence-electron chi connectivity index (χ4n) is 4.42. The number of hydrogen-bond acceptors (Lipinski definition) is 7. The van der Waals surface area contributed by atoms with Crippen LogP contribution < -0.4 is 10.2 Å². The highest BCUT2D eigenvalue weighted by Crippen LogP contribution is 2.33. The van der Waals surface area contributed by atoms with Crippen LogP contribution in [0.25, 0.3) is 11.0 Å². The summed E-state index contributed by atoms with van der Waals surface area (Å²) in [5, 5.41) is 9.99. The van der Waals surface area contributed by atoms with Crippen molar-refractivity contribution >= 4 is 38.8 Å². The molecule has 4 rings (SSSR count). The Morgan fingerprint density at radius 3 is 2.59 bits per heavy atom. The van der Waals surface area contributed by atoms with Crippen LogP contribution in [0.2, 0.25) is 0 Å². The molecule has 4 amide bonds. The van der Waals surface area contributed by atoms with Crippen molar-refractivity contribution in [3.05, 3.63) is 29.5 Å². The fraction of sp³-hybridized carbons (Fsp3) is 0.500. The van der Waals surface area contributed by atoms with Crippen molar-refractivity contribution in [2.24, 2.45) is 0 Å². The van der Waals surface area contributed by atoms with Gasteiger partial charge in [-0.1, -0.05) is 0 Å². The van der Waals surface area contributed by atoms with E-state index in [1.807, 2.05) is 0 Å². The minimum Gasteiger partial charge on any atom is -0.461 e. The van der Waals surface area contributed by atoms with Crippen molar-refractivity contribution in [2.75, 3.05) is 13.6 Å². The smallest absolute Gasteiger partial charge is 0.327 e. The lowest BCUT2D eigenvalue weighted by molar-refractivity contribution is -0.133. The van der Waals surface area contributed by atoms with Crippen LogP contribution in [0.1, 0.15) is 44.4 Å². The lowest BCUT2D eigenvalue weighted by atomic mass is 9.96. The number of benzene rings is 1. The van der Waals surface area contributed by atoms with Crippen LogP contribution in [-0.2, 0) is 32.5 Å². The summed E-state index contributed by atoms with van der Waals surface area (Å²) in [6.45, 7) is 2.98. The Hall–Kier alpha value is -2.96. The molecule has 1 aliphatic heterocycles. The van der Waals surface area contributed by atoms with Gasteiger partial charge < -0.3 is 9.32 Å². The number of furan rings is 1. The number of fused-ring (bicyclic) bond motifs is 3. The first-order chi connectivity index (χ1) is 16.0. The highest BCUT2D eigenvalue weighted by atomic mass is 32.2. The molecule has 1 atom stereocenters. The fourth-order valence-corrected chi connectivity index (χ4v) is 5.67. The second-order valence-electron chi connectivity index (χ2n) is 9.16. The number of sulfonamides is 1. The number of nitrogens with one attached hydrogen (secondary N) is 2. The number of nitrogens with zero attached hydrogens (tertiary/aromatic N) is 2. The Morgan fingerprint density at radius 1 is 1.24 bits per heavy atom. The van der Waals surface area contributed by atoms with Crippen molar-refractivity contribution in [1.29, 1.82) is 0 Å². The maximum atomic E-state index is 13.1. The van der Waals surface area contributed by atoms with Crippen molar-refractivity contribution in [3.8, 4) is 0 Å². The molecule has 0 spiro atoms. The van der Waals surface area contributed by atoms with Crippen LogP contribution in [0.4, 0.5) is 4.79 Å². The zero-order chi connectivity index (χ0) is 24.8. The van der Waals surface area contributed by atoms with Gasteiger partial charge in [-0.05, 0) is 51.7 Å². The first kappa shape index (κ1) is 24.2. The van der Waals surface area contributed by atoms with E-state index in [2.05, 4.69) is 4.72 Å². The second kappa shape index (κ2) is 8.67. The maximum Gasteiger partial charge on any atom is 0.327 e. The Bertz CT molecular complexity index is 1270. The molecular weight excluding hydrogens is 464 g/mol. The van der Waals surface area contributed by atoms with Gasteiger partial charge in [0.2, 0.25) is 10.0 Å². The molecule has 0 radical (unpaired) electrons. The maximum absolute atomic E-state index is 13.1. The lowest BCUT2D eigenvalue weighted by Crippen LogP contribution is -2.48. The van der Waals surface area contributed by atoms with E-state index in [-0.39, 0.29) is 17.9 Å². The number of amides is 4. The molecule has 11 nitrogen and oxygen atoms in total. The Morgan fingerprint density at radius 2 is 1.94 bits per heavy atom. The molecule has 0 bridgehead atoms. The quantitative estimate of drug-likeness (QED) is 0.301. The van der Waals surface area contributed by atoms with Gasteiger partial charge >= 0.3 is 6.03 Å². The van der Waals surface area contributed by atoms with Gasteiger partial charge in [0.1, 0.15) is 22.9 Å². The predicted molar refractivity (Wildman–Crippen MR) is 120 cm³/mol. The predicted octanol–water partition coefficient (Wildman–Crippen LogP) is 1.53. The summed E-state index contributed by atoms with van der Waals surface area (Å²) in [6.07, 6.45) is 3.53. The molecule has 0 saturated carbocycles. The number of likely N-dealkylation sites (N-methyl/N-ethyl adjacent to an activating group) is 1. The van der Waals surface area contributed by atoms with E-state index >= 15 is 0 Å². The molecule has 34 heavy (non-hydrogen) atoms. The number of carbonyl (C=O) groups is 3. The summed E-state index contributed by atoms with van der Waals surface area (Å²) in [6, 6.07) is 2.57. The van der Waals surface area contributed by atoms with Crippen LogP contribution in [0.15, 0.2) is 27.5 Å². The summed E-state index contributed by atoms with van der Waals surface area (Å²) >= 11 is 0. The molecule has 3 N–H and O–H groups in total. The summed E-state index contributed by atoms with van der Waals surface area (Å²) in [5.74, 6) is -0.600. The minimum absolute atomic E-state index is 0.101. The third-order valence-corrected chi connectivity index (χ3v) is 8.20. The van der Waals surface area contributed by atoms with E-state index in [1.54, 1.807) is 19.9 Å². The Kier molecular flexibility index (Phi) is 6.17. The van der Waals surface area contributed by atoms with E-state index in [4.69, 9.17) is 9.62 Å². The van der Waals surface area contributed by atoms with Crippen molar-refractivity contribution in [2.45, 2.75) is 62.4 Å². The summed E-state index contributed by atoms with van der Waals surface area (Å²) in [4.78, 5) is 39.4. The molecule has 2 heterocycles. The molecule has 2 aliphatic rings. The number of imide groups is 1. The molecular formula is C22H28N4O7S. The van der Waals surface area contributed by atoms with Gasteiger partial charge in [0.25, 0.3) is 11.8 Å². The molecule has 1 aromatic heterocycles. The van der Waals surface area contributed by atoms with Crippen molar-refractivity contribution in [1.82, 2.24) is 20.0 Å². The molecule has 1 aromatic carbocycles. The standard InChI is InChI=1S/C22H28N4O7S/c1-22(2)20(28)26(21(29)25(22)3)11-10-16(19(27)23-30)24-34(31,32)13-8-9-15-14-6-4-5-7-17(14)33-18(15)12-13/h8-9,12,16,24,30H,4-7,10-11H2,1-3H3,(H,23,27)/t16-/m0/s1. The second-order valence-corrected chi connectivity index (χ2v) is 10.9. The summed E-state index contributed by atoms with van der Waals surface area (Å²) in [7, 11) is -2.71. The van der Waals surface area contributed by atoms with E-state index in [9.17, 15) is 22.8 Å². The monoisotopic (exact) mass is 492 g/mol. The highest BCUT2D eigenvalue weighted by molar-refractivity contribution is 7.89. The first-order valence-corrected chi connectivity index (χ1v) is 12.6. The number of hydrogen-bond donors (Lipinski definition) is 3. The number of hydroxylamine groups is 1. The number of carbonyl (C=O) groups excluding carboxylic acids is 3. The van der Waals surface area contributed by atoms with Crippen molar-refractivity contribution < 1.29 is 32.4 Å². The number of aryl methyl sites for hydroxylation is 2. The van der Waals surface area contributed by atoms with Gasteiger partial charge in [0, 0.05) is 37.0 Å². The minimum atomic E-state index is -4.19. The zero-order valence-electron chi connectivity index (χ0n) is 19.3. The van der Waals surface area contributed by atoms with E-state index in [0.29, 0.717) is 5.58 Å². The molecule has 1 fully saturated rings. The number of rotatable bonds is 7. The lowest BCUT2D eigenvalue weighted by Gasteiger charge is -2.22. The van der Waals surface area contributed by atoms with Crippen molar-refractivity contribution in [3.63, 3.8) is 0 Å². The van der Waals surface area contributed by atoms with Crippen LogP contribution in [0.5, 0.6) is 0 Å². The third-order valence-electron chi connectivity index (χ3n) is 6.73. The molecule has 1 saturated heterocycles. The topological polar surface area (TPSA) is 149 Å². The van der Waals surface area contributed by atoms with Gasteiger partial charge in [0.15, 0.2) is 0 Å². The van der Waals surface area contributed by atoms with Gasteiger partial charge in [0.05, 0.1) is 4.90 Å². The van der Waals surface area contributed by atoms with Gasteiger partial charge in [-0.3, -0.25) is 19.7 Å². The molecule has 184 valence electrons. The average molecular weight is 493 g/mol. The average Bonchev–Trinajstić information content (AvgIpc) is 3.25. The van der Waals surface area contributed by atoms with E-state index in [0.717, 1.165) is 47.3 Å². The molecule has 12 heteroatoms. The molecule has 0 unspecified atom stereocenters. The van der Waals surface area contributed by atoms with E-state index < -0.39 is 39.4 Å². The number of urea groups is 1. The highest BCUT2D eigenvalue weighted by Gasteiger charge is 2.49. The Balaban J connectivity index is 1.54. The molecule has 1 aliphatic carbocycles. The third kappa shape index (κ3) is 4.05. The summed E-state index contributed by atoms with van der Waals surface area (Å²) < 4.78 is 34.3. The Labute approximate surface area is 197 Å². The van der Waals surface area contributed by atoms with Crippen LogP contribution in [0.3, 0.4) is 0 Å². The van der Waals surface area contributed by atoms with Crippen LogP contribution >= 0.6 is 0 Å². The van der Waals surface area contributed by atoms with E-state index in [1.165, 1.54) is 29.6 Å². The van der Waals surface area contributed by atoms with Gasteiger partial charge in [-0.15, -0.1) is 0 Å². The van der Waals surface area contributed by atoms with Gasteiger partial charge in [-0.25, -0.2) is 18.7 Å². The van der Waals surface area contributed by atoms with Crippen LogP contribution in [-0.4, -0.2) is 66.4 Å². The normalized spacial score (nSPS) is 18.9.